The Labute approximate surface area is 153 Å². The number of nitrogens with one attached hydrogen (secondary N) is 1. The number of methoxy groups -OCH3 is 2. The van der Waals surface area contributed by atoms with Crippen LogP contribution in [0.2, 0.25) is 0 Å². The van der Waals surface area contributed by atoms with Crippen molar-refractivity contribution in [3.63, 3.8) is 0 Å². The molecular formula is C19H24N4O3. The van der Waals surface area contributed by atoms with Crippen molar-refractivity contribution >= 4 is 11.7 Å². The minimum atomic E-state index is -0.119. The minimum absolute atomic E-state index is 0.119. The van der Waals surface area contributed by atoms with Crippen LogP contribution in [-0.2, 0) is 6.54 Å². The summed E-state index contributed by atoms with van der Waals surface area (Å²) in [5.41, 5.74) is 1.68. The van der Waals surface area contributed by atoms with Crippen LogP contribution in [0.4, 0.5) is 10.5 Å². The standard InChI is InChI=1S/C19H24N4O3/c1-25-16-6-7-17(18(13-16)26-2)21-19(24)23-11-9-22(10-12-23)14-15-5-3-4-8-20-15/h3-8,13H,9-12,14H2,1-2H3,(H,21,24). The van der Waals surface area contributed by atoms with Crippen LogP contribution in [-0.4, -0.2) is 61.2 Å². The van der Waals surface area contributed by atoms with E-state index in [4.69, 9.17) is 9.47 Å². The Morgan fingerprint density at radius 1 is 1.12 bits per heavy atom. The van der Waals surface area contributed by atoms with Gasteiger partial charge in [-0.25, -0.2) is 4.79 Å². The van der Waals surface area contributed by atoms with Crippen molar-refractivity contribution in [2.75, 3.05) is 45.7 Å². The minimum Gasteiger partial charge on any atom is -0.497 e. The first-order valence-corrected chi connectivity index (χ1v) is 8.60. The van der Waals surface area contributed by atoms with Gasteiger partial charge in [-0.1, -0.05) is 6.07 Å². The van der Waals surface area contributed by atoms with Crippen LogP contribution in [0, 0.1) is 0 Å². The fourth-order valence-corrected chi connectivity index (χ4v) is 2.93. The molecule has 0 atom stereocenters. The van der Waals surface area contributed by atoms with Crippen LogP contribution < -0.4 is 14.8 Å². The van der Waals surface area contributed by atoms with Gasteiger partial charge in [0.2, 0.25) is 0 Å². The Balaban J connectivity index is 1.54. The predicted octanol–water partition coefficient (Wildman–Crippen LogP) is 2.45. The quantitative estimate of drug-likeness (QED) is 0.891. The normalized spacial score (nSPS) is 14.8. The van der Waals surface area contributed by atoms with E-state index in [1.165, 1.54) is 0 Å². The summed E-state index contributed by atoms with van der Waals surface area (Å²) < 4.78 is 10.5. The van der Waals surface area contributed by atoms with Gasteiger partial charge in [0, 0.05) is 45.0 Å². The summed E-state index contributed by atoms with van der Waals surface area (Å²) in [4.78, 5) is 21.0. The van der Waals surface area contributed by atoms with Crippen molar-refractivity contribution in [2.45, 2.75) is 6.54 Å². The molecular weight excluding hydrogens is 332 g/mol. The molecule has 0 unspecified atom stereocenters. The van der Waals surface area contributed by atoms with Gasteiger partial charge in [0.25, 0.3) is 0 Å². The Kier molecular flexibility index (Phi) is 5.91. The van der Waals surface area contributed by atoms with Crippen molar-refractivity contribution in [2.24, 2.45) is 0 Å². The summed E-state index contributed by atoms with van der Waals surface area (Å²) in [5.74, 6) is 1.26. The topological polar surface area (TPSA) is 66.9 Å². The van der Waals surface area contributed by atoms with Crippen LogP contribution in [0.3, 0.4) is 0 Å². The highest BCUT2D eigenvalue weighted by atomic mass is 16.5. The van der Waals surface area contributed by atoms with Crippen molar-refractivity contribution in [3.8, 4) is 11.5 Å². The summed E-state index contributed by atoms with van der Waals surface area (Å²) in [6.07, 6.45) is 1.81. The predicted molar refractivity (Wildman–Crippen MR) is 99.7 cm³/mol. The van der Waals surface area contributed by atoms with Gasteiger partial charge in [-0.3, -0.25) is 9.88 Å². The van der Waals surface area contributed by atoms with E-state index in [1.807, 2.05) is 23.1 Å². The van der Waals surface area contributed by atoms with E-state index in [9.17, 15) is 4.79 Å². The summed E-state index contributed by atoms with van der Waals surface area (Å²) in [6, 6.07) is 11.1. The molecule has 0 saturated carbocycles. The van der Waals surface area contributed by atoms with E-state index in [0.717, 1.165) is 25.3 Å². The number of amides is 2. The maximum Gasteiger partial charge on any atom is 0.322 e. The molecule has 2 amide bonds. The molecule has 0 radical (unpaired) electrons. The number of pyridine rings is 1. The molecule has 1 fully saturated rings. The number of anilines is 1. The van der Waals surface area contributed by atoms with Gasteiger partial charge in [0.15, 0.2) is 0 Å². The highest BCUT2D eigenvalue weighted by Gasteiger charge is 2.22. The Bertz CT molecular complexity index is 731. The van der Waals surface area contributed by atoms with Gasteiger partial charge < -0.3 is 19.7 Å². The zero-order chi connectivity index (χ0) is 18.4. The molecule has 1 aromatic carbocycles. The number of urea groups is 1. The highest BCUT2D eigenvalue weighted by Crippen LogP contribution is 2.29. The number of rotatable bonds is 5. The maximum absolute atomic E-state index is 12.6. The number of carbonyl (C=O) groups is 1. The Hall–Kier alpha value is -2.80. The molecule has 138 valence electrons. The van der Waals surface area contributed by atoms with Crippen LogP contribution in [0.1, 0.15) is 5.69 Å². The van der Waals surface area contributed by atoms with E-state index in [1.54, 1.807) is 38.6 Å². The second kappa shape index (κ2) is 8.53. The molecule has 7 nitrogen and oxygen atoms in total. The fourth-order valence-electron chi connectivity index (χ4n) is 2.93. The molecule has 7 heteroatoms. The number of hydrogen-bond acceptors (Lipinski definition) is 5. The van der Waals surface area contributed by atoms with Gasteiger partial charge in [-0.2, -0.15) is 0 Å². The molecule has 26 heavy (non-hydrogen) atoms. The number of ether oxygens (including phenoxy) is 2. The van der Waals surface area contributed by atoms with Crippen LogP contribution in [0.25, 0.3) is 0 Å². The first-order chi connectivity index (χ1) is 12.7. The lowest BCUT2D eigenvalue weighted by atomic mass is 10.2. The molecule has 1 aromatic heterocycles. The van der Waals surface area contributed by atoms with E-state index >= 15 is 0 Å². The molecule has 1 aliphatic rings. The molecule has 0 spiro atoms. The van der Waals surface area contributed by atoms with Crippen LogP contribution in [0.5, 0.6) is 11.5 Å². The van der Waals surface area contributed by atoms with Gasteiger partial charge in [0.05, 0.1) is 25.6 Å². The number of nitrogens with zero attached hydrogens (tertiary/aromatic N) is 3. The molecule has 2 aromatic rings. The van der Waals surface area contributed by atoms with Crippen molar-refractivity contribution in [1.29, 1.82) is 0 Å². The highest BCUT2D eigenvalue weighted by molar-refractivity contribution is 5.91. The smallest absolute Gasteiger partial charge is 0.322 e. The lowest BCUT2D eigenvalue weighted by molar-refractivity contribution is 0.142. The van der Waals surface area contributed by atoms with Gasteiger partial charge in [-0.15, -0.1) is 0 Å². The second-order valence-electron chi connectivity index (χ2n) is 6.08. The molecule has 2 heterocycles. The molecule has 1 saturated heterocycles. The number of piperazine rings is 1. The summed E-state index contributed by atoms with van der Waals surface area (Å²) in [5, 5.41) is 2.92. The molecule has 1 N–H and O–H groups in total. The third-order valence-corrected chi connectivity index (χ3v) is 4.42. The zero-order valence-electron chi connectivity index (χ0n) is 15.1. The number of carbonyl (C=O) groups excluding carboxylic acids is 1. The van der Waals surface area contributed by atoms with Crippen molar-refractivity contribution in [1.82, 2.24) is 14.8 Å². The lowest BCUT2D eigenvalue weighted by Crippen LogP contribution is -2.49. The number of benzene rings is 1. The molecule has 0 aliphatic carbocycles. The fraction of sp³-hybridized carbons (Fsp3) is 0.368. The third-order valence-electron chi connectivity index (χ3n) is 4.42. The van der Waals surface area contributed by atoms with E-state index in [2.05, 4.69) is 15.2 Å². The first-order valence-electron chi connectivity index (χ1n) is 8.60. The van der Waals surface area contributed by atoms with Crippen LogP contribution >= 0.6 is 0 Å². The van der Waals surface area contributed by atoms with Gasteiger partial charge in [0.1, 0.15) is 11.5 Å². The molecule has 3 rings (SSSR count). The molecule has 0 bridgehead atoms. The first kappa shape index (κ1) is 18.0. The van der Waals surface area contributed by atoms with E-state index in [-0.39, 0.29) is 6.03 Å². The van der Waals surface area contributed by atoms with Crippen LogP contribution in [0.15, 0.2) is 42.6 Å². The maximum atomic E-state index is 12.6. The number of aromatic nitrogens is 1. The third kappa shape index (κ3) is 4.43. The average Bonchev–Trinajstić information content (AvgIpc) is 2.69. The van der Waals surface area contributed by atoms with E-state index < -0.39 is 0 Å². The SMILES string of the molecule is COc1ccc(NC(=O)N2CCN(Cc3ccccn3)CC2)c(OC)c1. The van der Waals surface area contributed by atoms with Gasteiger partial charge >= 0.3 is 6.03 Å². The average molecular weight is 356 g/mol. The van der Waals surface area contributed by atoms with Gasteiger partial charge in [-0.05, 0) is 24.3 Å². The largest absolute Gasteiger partial charge is 0.497 e. The zero-order valence-corrected chi connectivity index (χ0v) is 15.1. The number of hydrogen-bond donors (Lipinski definition) is 1. The summed E-state index contributed by atoms with van der Waals surface area (Å²) in [6.45, 7) is 3.81. The molecule has 1 aliphatic heterocycles. The lowest BCUT2D eigenvalue weighted by Gasteiger charge is -2.34. The summed E-state index contributed by atoms with van der Waals surface area (Å²) in [7, 11) is 3.16. The Morgan fingerprint density at radius 2 is 1.92 bits per heavy atom. The second-order valence-corrected chi connectivity index (χ2v) is 6.08. The van der Waals surface area contributed by atoms with Crippen molar-refractivity contribution < 1.29 is 14.3 Å². The van der Waals surface area contributed by atoms with E-state index in [0.29, 0.717) is 30.3 Å². The summed E-state index contributed by atoms with van der Waals surface area (Å²) >= 11 is 0. The monoisotopic (exact) mass is 356 g/mol. The van der Waals surface area contributed by atoms with Crippen molar-refractivity contribution in [3.05, 3.63) is 48.3 Å². The Morgan fingerprint density at radius 3 is 2.58 bits per heavy atom.